The molecule has 0 bridgehead atoms. The van der Waals surface area contributed by atoms with Crippen LogP contribution < -0.4 is 4.72 Å². The molecule has 0 radical (unpaired) electrons. The van der Waals surface area contributed by atoms with E-state index in [0.717, 1.165) is 23.8 Å². The van der Waals surface area contributed by atoms with E-state index < -0.39 is 15.8 Å². The van der Waals surface area contributed by atoms with Crippen molar-refractivity contribution < 1.29 is 12.8 Å². The van der Waals surface area contributed by atoms with Crippen molar-refractivity contribution in [2.75, 3.05) is 4.72 Å². The summed E-state index contributed by atoms with van der Waals surface area (Å²) in [6.45, 7) is 1.78. The molecule has 0 unspecified atom stereocenters. The normalized spacial score (nSPS) is 11.4. The number of nitrogens with zero attached hydrogens (tertiary/aromatic N) is 1. The number of sulfonamides is 1. The molecule has 106 valence electrons. The van der Waals surface area contributed by atoms with Crippen LogP contribution in [0.2, 0.25) is 5.02 Å². The van der Waals surface area contributed by atoms with Gasteiger partial charge in [0.1, 0.15) is 10.4 Å². The van der Waals surface area contributed by atoms with E-state index in [4.69, 9.17) is 11.6 Å². The molecule has 0 saturated carbocycles. The summed E-state index contributed by atoms with van der Waals surface area (Å²) in [5, 5.41) is -0.252. The summed E-state index contributed by atoms with van der Waals surface area (Å²) in [7, 11) is -3.84. The van der Waals surface area contributed by atoms with Gasteiger partial charge in [0.25, 0.3) is 10.0 Å². The van der Waals surface area contributed by atoms with Crippen LogP contribution in [0.5, 0.6) is 0 Å². The average Bonchev–Trinajstić information content (AvgIpc) is 2.37. The van der Waals surface area contributed by atoms with Crippen LogP contribution in [-0.4, -0.2) is 13.4 Å². The lowest BCUT2D eigenvalue weighted by molar-refractivity contribution is 0.599. The third-order valence-electron chi connectivity index (χ3n) is 2.47. The van der Waals surface area contributed by atoms with Gasteiger partial charge < -0.3 is 0 Å². The van der Waals surface area contributed by atoms with Gasteiger partial charge in [0.05, 0.1) is 21.8 Å². The molecule has 0 saturated heterocycles. The fraction of sp³-hybridized carbons (Fsp3) is 0.0833. The van der Waals surface area contributed by atoms with Crippen LogP contribution in [0.3, 0.4) is 0 Å². The minimum absolute atomic E-state index is 0.121. The van der Waals surface area contributed by atoms with Gasteiger partial charge in [-0.3, -0.25) is 4.72 Å². The molecular formula is C12H9BrClFN2O2S. The van der Waals surface area contributed by atoms with Crippen molar-refractivity contribution in [3.05, 3.63) is 51.5 Å². The Labute approximate surface area is 129 Å². The number of aromatic nitrogens is 1. The molecule has 20 heavy (non-hydrogen) atoms. The molecule has 8 heteroatoms. The lowest BCUT2D eigenvalue weighted by Gasteiger charge is -2.09. The number of benzene rings is 1. The highest BCUT2D eigenvalue weighted by Crippen LogP contribution is 2.23. The van der Waals surface area contributed by atoms with Crippen LogP contribution in [0, 0.1) is 12.7 Å². The third kappa shape index (κ3) is 3.28. The minimum atomic E-state index is -3.84. The van der Waals surface area contributed by atoms with Crippen molar-refractivity contribution in [2.24, 2.45) is 0 Å². The summed E-state index contributed by atoms with van der Waals surface area (Å²) in [6, 6.07) is 4.82. The largest absolute Gasteiger partial charge is 0.278 e. The number of anilines is 1. The first-order valence-corrected chi connectivity index (χ1v) is 8.05. The summed E-state index contributed by atoms with van der Waals surface area (Å²) >= 11 is 8.81. The van der Waals surface area contributed by atoms with Crippen molar-refractivity contribution in [1.82, 2.24) is 4.98 Å². The van der Waals surface area contributed by atoms with E-state index in [2.05, 4.69) is 25.6 Å². The predicted octanol–water partition coefficient (Wildman–Crippen LogP) is 3.75. The quantitative estimate of drug-likeness (QED) is 0.826. The van der Waals surface area contributed by atoms with Gasteiger partial charge in [-0.1, -0.05) is 11.6 Å². The molecule has 1 aromatic heterocycles. The summed E-state index contributed by atoms with van der Waals surface area (Å²) in [5.41, 5.74) is 1.09. The maximum atomic E-state index is 13.0. The lowest BCUT2D eigenvalue weighted by atomic mass is 10.3. The van der Waals surface area contributed by atoms with Gasteiger partial charge in [0.2, 0.25) is 0 Å². The second kappa shape index (κ2) is 5.67. The van der Waals surface area contributed by atoms with Crippen LogP contribution >= 0.6 is 27.5 Å². The Morgan fingerprint density at radius 1 is 1.35 bits per heavy atom. The molecule has 4 nitrogen and oxygen atoms in total. The molecule has 0 atom stereocenters. The van der Waals surface area contributed by atoms with Crippen molar-refractivity contribution in [1.29, 1.82) is 0 Å². The number of hydrogen-bond donors (Lipinski definition) is 1. The number of halogens is 3. The third-order valence-corrected chi connectivity index (χ3v) is 4.97. The van der Waals surface area contributed by atoms with Crippen molar-refractivity contribution in [3.8, 4) is 0 Å². The van der Waals surface area contributed by atoms with E-state index in [1.807, 2.05) is 0 Å². The summed E-state index contributed by atoms with van der Waals surface area (Å²) < 4.78 is 40.3. The highest BCUT2D eigenvalue weighted by atomic mass is 79.9. The smallest absolute Gasteiger partial charge is 0.261 e. The fourth-order valence-electron chi connectivity index (χ4n) is 1.47. The second-order valence-electron chi connectivity index (χ2n) is 4.01. The Balaban J connectivity index is 2.35. The summed E-state index contributed by atoms with van der Waals surface area (Å²) in [4.78, 5) is 3.87. The highest BCUT2D eigenvalue weighted by molar-refractivity contribution is 9.10. The first kappa shape index (κ1) is 15.2. The summed E-state index contributed by atoms with van der Waals surface area (Å²) in [6.07, 6.45) is 1.37. The van der Waals surface area contributed by atoms with Gasteiger partial charge in [0.15, 0.2) is 0 Å². The van der Waals surface area contributed by atoms with Gasteiger partial charge in [-0.15, -0.1) is 0 Å². The molecular weight excluding hydrogens is 371 g/mol. The van der Waals surface area contributed by atoms with Crippen molar-refractivity contribution in [3.63, 3.8) is 0 Å². The van der Waals surface area contributed by atoms with Crippen LogP contribution in [0.25, 0.3) is 0 Å². The van der Waals surface area contributed by atoms with Crippen LogP contribution in [0.1, 0.15) is 5.56 Å². The fourth-order valence-corrected chi connectivity index (χ4v) is 2.99. The van der Waals surface area contributed by atoms with Crippen molar-refractivity contribution >= 4 is 43.2 Å². The van der Waals surface area contributed by atoms with Crippen LogP contribution in [0.15, 0.2) is 40.0 Å². The zero-order valence-corrected chi connectivity index (χ0v) is 13.4. The number of rotatable bonds is 3. The van der Waals surface area contributed by atoms with E-state index >= 15 is 0 Å². The van der Waals surface area contributed by atoms with E-state index in [1.165, 1.54) is 6.20 Å². The van der Waals surface area contributed by atoms with E-state index in [0.29, 0.717) is 10.3 Å². The monoisotopic (exact) mass is 378 g/mol. The van der Waals surface area contributed by atoms with Crippen LogP contribution in [-0.2, 0) is 10.0 Å². The number of pyridine rings is 1. The molecule has 0 spiro atoms. The molecule has 0 aliphatic heterocycles. The Morgan fingerprint density at radius 2 is 2.05 bits per heavy atom. The minimum Gasteiger partial charge on any atom is -0.278 e. The van der Waals surface area contributed by atoms with E-state index in [1.54, 1.807) is 13.0 Å². The predicted molar refractivity (Wildman–Crippen MR) is 78.9 cm³/mol. The number of hydrogen-bond acceptors (Lipinski definition) is 3. The molecule has 0 aliphatic carbocycles. The molecule has 1 N–H and O–H groups in total. The molecule has 0 aliphatic rings. The molecule has 1 aromatic carbocycles. The molecule has 1 heterocycles. The van der Waals surface area contributed by atoms with Gasteiger partial charge in [0, 0.05) is 0 Å². The molecule has 2 rings (SSSR count). The Kier molecular flexibility index (Phi) is 4.31. The standard InChI is InChI=1S/C12H9BrClFN2O2S/c1-7-4-8(6-16-12(7)13)17-20(18,19)9-2-3-11(15)10(14)5-9/h2-6,17H,1H3. The van der Waals surface area contributed by atoms with Gasteiger partial charge in [-0.2, -0.15) is 0 Å². The Hall–Kier alpha value is -1.18. The molecule has 0 amide bonds. The highest BCUT2D eigenvalue weighted by Gasteiger charge is 2.16. The average molecular weight is 380 g/mol. The zero-order chi connectivity index (χ0) is 14.9. The zero-order valence-electron chi connectivity index (χ0n) is 10.2. The number of nitrogens with one attached hydrogen (secondary N) is 1. The molecule has 2 aromatic rings. The first-order valence-electron chi connectivity index (χ1n) is 5.39. The van der Waals surface area contributed by atoms with Crippen LogP contribution in [0.4, 0.5) is 10.1 Å². The molecule has 0 fully saturated rings. The van der Waals surface area contributed by atoms with Crippen molar-refractivity contribution in [2.45, 2.75) is 11.8 Å². The summed E-state index contributed by atoms with van der Waals surface area (Å²) in [5.74, 6) is -0.674. The lowest BCUT2D eigenvalue weighted by Crippen LogP contribution is -2.13. The SMILES string of the molecule is Cc1cc(NS(=O)(=O)c2ccc(F)c(Cl)c2)cnc1Br. The van der Waals surface area contributed by atoms with E-state index in [9.17, 15) is 12.8 Å². The van der Waals surface area contributed by atoms with E-state index in [-0.39, 0.29) is 9.92 Å². The topological polar surface area (TPSA) is 59.1 Å². The second-order valence-corrected chi connectivity index (χ2v) is 6.85. The van der Waals surface area contributed by atoms with Gasteiger partial charge >= 0.3 is 0 Å². The maximum Gasteiger partial charge on any atom is 0.261 e. The van der Waals surface area contributed by atoms with Gasteiger partial charge in [-0.25, -0.2) is 17.8 Å². The Bertz CT molecular complexity index is 768. The van der Waals surface area contributed by atoms with Gasteiger partial charge in [-0.05, 0) is 52.7 Å². The maximum absolute atomic E-state index is 13.0. The Morgan fingerprint density at radius 3 is 2.65 bits per heavy atom. The first-order chi connectivity index (χ1) is 9.29. The number of aryl methyl sites for hydroxylation is 1.